The van der Waals surface area contributed by atoms with E-state index in [1.54, 1.807) is 0 Å². The Balaban J connectivity index is 0.00000155. The number of ketones is 1. The normalized spacial score (nSPS) is 24.7. The molecule has 0 radical (unpaired) electrons. The van der Waals surface area contributed by atoms with Crippen molar-refractivity contribution in [1.82, 2.24) is 5.06 Å². The van der Waals surface area contributed by atoms with Gasteiger partial charge in [-0.25, -0.2) is 0 Å². The third-order valence-electron chi connectivity index (χ3n) is 9.90. The zero-order chi connectivity index (χ0) is 32.1. The van der Waals surface area contributed by atoms with Gasteiger partial charge >= 0.3 is 0 Å². The lowest BCUT2D eigenvalue weighted by Gasteiger charge is -2.58. The smallest absolute Gasteiger partial charge is 0.293 e. The number of unbranched alkanes of at least 4 members (excludes halogenated alkanes) is 1. The molecule has 2 rings (SSSR count). The molecule has 1 aromatic carbocycles. The van der Waals surface area contributed by atoms with Gasteiger partial charge in [0, 0.05) is 12.3 Å². The van der Waals surface area contributed by atoms with Gasteiger partial charge in [-0.2, -0.15) is 5.06 Å². The average Bonchev–Trinajstić information content (AvgIpc) is 2.95. The molecule has 0 saturated carbocycles. The van der Waals surface area contributed by atoms with Gasteiger partial charge in [-0.3, -0.25) is 14.4 Å². The summed E-state index contributed by atoms with van der Waals surface area (Å²) in [5.41, 5.74) is 0.598. The van der Waals surface area contributed by atoms with Crippen molar-refractivity contribution in [2.24, 2.45) is 17.3 Å². The van der Waals surface area contributed by atoms with Crippen molar-refractivity contribution in [1.29, 1.82) is 0 Å². The van der Waals surface area contributed by atoms with Crippen molar-refractivity contribution in [3.63, 3.8) is 0 Å². The molecule has 0 aliphatic carbocycles. The van der Waals surface area contributed by atoms with E-state index in [0.717, 1.165) is 32.1 Å². The van der Waals surface area contributed by atoms with Crippen molar-refractivity contribution in [2.75, 3.05) is 6.61 Å². The van der Waals surface area contributed by atoms with Crippen molar-refractivity contribution in [2.45, 2.75) is 158 Å². The lowest BCUT2D eigenvalue weighted by Crippen LogP contribution is -2.68. The number of hydrogen-bond acceptors (Lipinski definition) is 5. The van der Waals surface area contributed by atoms with Crippen LogP contribution in [0.5, 0.6) is 0 Å². The van der Waals surface area contributed by atoms with E-state index in [-0.39, 0.29) is 28.0 Å². The van der Waals surface area contributed by atoms with Crippen LogP contribution in [0.3, 0.4) is 0 Å². The van der Waals surface area contributed by atoms with Gasteiger partial charge in [-0.15, -0.1) is 0 Å². The van der Waals surface area contributed by atoms with Crippen molar-refractivity contribution < 1.29 is 19.2 Å². The van der Waals surface area contributed by atoms with Crippen LogP contribution in [0.25, 0.3) is 0 Å². The Hall–Kier alpha value is -1.72. The summed E-state index contributed by atoms with van der Waals surface area (Å²) >= 11 is 0. The number of benzene rings is 1. The third-order valence-corrected chi connectivity index (χ3v) is 9.90. The van der Waals surface area contributed by atoms with E-state index in [1.165, 1.54) is 5.56 Å². The highest BCUT2D eigenvalue weighted by Gasteiger charge is 2.55. The molecule has 5 nitrogen and oxygen atoms in total. The van der Waals surface area contributed by atoms with E-state index in [4.69, 9.17) is 4.84 Å². The molecule has 0 spiro atoms. The largest absolute Gasteiger partial charge is 0.468 e. The fourth-order valence-electron chi connectivity index (χ4n) is 5.68. The molecule has 5 heteroatoms. The van der Waals surface area contributed by atoms with E-state index in [9.17, 15) is 9.59 Å². The molecule has 0 bridgehead atoms. The van der Waals surface area contributed by atoms with Crippen LogP contribution in [0, 0.1) is 17.3 Å². The lowest BCUT2D eigenvalue weighted by molar-refractivity contribution is -0.348. The molecule has 1 saturated heterocycles. The Kier molecular flexibility index (Phi) is 16.7. The molecule has 1 aliphatic rings. The maximum Gasteiger partial charge on any atom is 0.293 e. The number of Topliss-reactive ketones (excluding diaryl/α,β-unsaturated/α-hetero) is 1. The van der Waals surface area contributed by atoms with Crippen LogP contribution in [0.15, 0.2) is 30.3 Å². The molecule has 238 valence electrons. The van der Waals surface area contributed by atoms with Gasteiger partial charge in [-0.1, -0.05) is 106 Å². The number of hydroxylamine groups is 2. The van der Waals surface area contributed by atoms with Crippen molar-refractivity contribution >= 4 is 12.3 Å². The first-order valence-electron chi connectivity index (χ1n) is 16.2. The summed E-state index contributed by atoms with van der Waals surface area (Å²) in [6, 6.07) is 10.8. The predicted octanol–water partition coefficient (Wildman–Crippen LogP) is 9.79. The van der Waals surface area contributed by atoms with E-state index < -0.39 is 0 Å². The second-order valence-electron chi connectivity index (χ2n) is 13.5. The monoisotopic (exact) mass is 575 g/mol. The number of hydrogen-bond donors (Lipinski definition) is 0. The minimum atomic E-state index is -0.347. The minimum absolute atomic E-state index is 0.0345. The fourth-order valence-corrected chi connectivity index (χ4v) is 5.68. The third kappa shape index (κ3) is 10.5. The van der Waals surface area contributed by atoms with Crippen molar-refractivity contribution in [3.8, 4) is 0 Å². The number of ether oxygens (including phenoxy) is 1. The second kappa shape index (κ2) is 17.4. The summed E-state index contributed by atoms with van der Waals surface area (Å²) in [4.78, 5) is 29.3. The average molecular weight is 576 g/mol. The predicted molar refractivity (Wildman–Crippen MR) is 174 cm³/mol. The van der Waals surface area contributed by atoms with Crippen molar-refractivity contribution in [3.05, 3.63) is 35.9 Å². The highest BCUT2D eigenvalue weighted by molar-refractivity contribution is 5.84. The molecule has 1 heterocycles. The topological polar surface area (TPSA) is 55.8 Å². The number of rotatable bonds is 13. The highest BCUT2D eigenvalue weighted by atomic mass is 16.7. The van der Waals surface area contributed by atoms with Gasteiger partial charge in [0.1, 0.15) is 5.78 Å². The molecular weight excluding hydrogens is 510 g/mol. The summed E-state index contributed by atoms with van der Waals surface area (Å²) in [5, 5.41) is 2.25. The summed E-state index contributed by atoms with van der Waals surface area (Å²) in [6.45, 7) is 31.8. The van der Waals surface area contributed by atoms with Crippen LogP contribution in [0.1, 0.15) is 147 Å². The highest BCUT2D eigenvalue weighted by Crippen LogP contribution is 2.48. The van der Waals surface area contributed by atoms with Crippen LogP contribution in [-0.4, -0.2) is 40.6 Å². The molecule has 0 amide bonds. The van der Waals surface area contributed by atoms with Crippen LogP contribution in [0.2, 0.25) is 0 Å². The quantitative estimate of drug-likeness (QED) is 0.173. The molecule has 1 fully saturated rings. The molecule has 5 atom stereocenters. The number of nitrogens with zero attached hydrogens (tertiary/aromatic N) is 1. The Morgan fingerprint density at radius 1 is 1.02 bits per heavy atom. The van der Waals surface area contributed by atoms with Gasteiger partial charge in [-0.05, 0) is 76.2 Å². The molecular formula is C36H65NO4. The second-order valence-corrected chi connectivity index (χ2v) is 13.5. The molecule has 1 aliphatic heterocycles. The lowest BCUT2D eigenvalue weighted by atomic mass is 9.68. The first kappa shape index (κ1) is 39.3. The Morgan fingerprint density at radius 2 is 1.59 bits per heavy atom. The molecule has 41 heavy (non-hydrogen) atoms. The van der Waals surface area contributed by atoms with Crippen LogP contribution in [-0.2, 0) is 19.2 Å². The summed E-state index contributed by atoms with van der Waals surface area (Å²) in [5.74, 6) is 1.13. The maximum atomic E-state index is 12.9. The number of piperidine rings is 1. The van der Waals surface area contributed by atoms with E-state index >= 15 is 0 Å². The van der Waals surface area contributed by atoms with E-state index in [0.29, 0.717) is 37.1 Å². The Bertz CT molecular complexity index is 883. The Labute approximate surface area is 254 Å². The van der Waals surface area contributed by atoms with Gasteiger partial charge < -0.3 is 4.74 Å². The van der Waals surface area contributed by atoms with E-state index in [2.05, 4.69) is 116 Å². The Morgan fingerprint density at radius 3 is 2.05 bits per heavy atom. The molecule has 0 N–H and O–H groups in total. The summed E-state index contributed by atoms with van der Waals surface area (Å²) in [6.07, 6.45) is 5.44. The fraction of sp³-hybridized carbons (Fsp3) is 0.778. The van der Waals surface area contributed by atoms with Crippen LogP contribution >= 0.6 is 0 Å². The molecule has 1 aromatic rings. The zero-order valence-corrected chi connectivity index (χ0v) is 29.2. The maximum absolute atomic E-state index is 12.9. The summed E-state index contributed by atoms with van der Waals surface area (Å²) in [7, 11) is 0. The van der Waals surface area contributed by atoms with Crippen LogP contribution < -0.4 is 0 Å². The minimum Gasteiger partial charge on any atom is -0.468 e. The van der Waals surface area contributed by atoms with Gasteiger partial charge in [0.2, 0.25) is 0 Å². The molecule has 0 aromatic heterocycles. The van der Waals surface area contributed by atoms with Gasteiger partial charge in [0.25, 0.3) is 6.47 Å². The van der Waals surface area contributed by atoms with Crippen LogP contribution in [0.4, 0.5) is 0 Å². The summed E-state index contributed by atoms with van der Waals surface area (Å²) < 4.78 is 4.39. The SMILES string of the molecule is CC.CCC1(C)CC(=O)C(C)C(C)(CC)N1OC(C)(C)C(C)CC(C)(C)C(C)c1ccccc1.CCCCOC=O. The molecule has 5 unspecified atom stereocenters. The number of carbonyl (C=O) groups excluding carboxylic acids is 2. The first-order valence-corrected chi connectivity index (χ1v) is 16.2. The first-order chi connectivity index (χ1) is 19.1. The zero-order valence-electron chi connectivity index (χ0n) is 29.2. The number of carbonyl (C=O) groups is 2. The van der Waals surface area contributed by atoms with E-state index in [1.807, 2.05) is 20.8 Å². The van der Waals surface area contributed by atoms with Gasteiger partial charge in [0.15, 0.2) is 0 Å². The standard InChI is InChI=1S/C29H49NO2.C5H10O2.C2H6/c1-12-28(10)20-25(31)23(5)29(11,13-2)30(28)32-27(8,9)21(3)19-26(6,7)22(4)24-17-15-14-16-18-24;1-2-3-4-7-5-6;1-2/h14-18,21-23H,12-13,19-20H2,1-11H3;5H,2-4H2,1H3;1-2H3. The van der Waals surface area contributed by atoms with Gasteiger partial charge in [0.05, 0.1) is 23.3 Å².